The number of hydrogen-bond donors (Lipinski definition) is 1. The second kappa shape index (κ2) is 10.8. The van der Waals surface area contributed by atoms with Gasteiger partial charge in [-0.15, -0.1) is 10.2 Å². The van der Waals surface area contributed by atoms with Crippen molar-refractivity contribution in [3.05, 3.63) is 105 Å². The third-order valence-corrected chi connectivity index (χ3v) is 6.24. The Kier molecular flexibility index (Phi) is 7.41. The number of carbonyl (C=O) groups excluding carboxylic acids is 1. The first-order valence-corrected chi connectivity index (χ1v) is 11.7. The molecule has 0 saturated heterocycles. The van der Waals surface area contributed by atoms with Gasteiger partial charge in [-0.1, -0.05) is 41.6 Å². The molecule has 1 heterocycles. The molecular weight excluding hydrogens is 466 g/mol. The van der Waals surface area contributed by atoms with Crippen LogP contribution in [0.15, 0.2) is 78.0 Å². The Bertz CT molecular complexity index is 1340. The summed E-state index contributed by atoms with van der Waals surface area (Å²) in [6, 6.07) is 21.3. The minimum Gasteiger partial charge on any atom is -0.497 e. The molecule has 0 aliphatic heterocycles. The molecule has 9 nitrogen and oxygen atoms in total. The van der Waals surface area contributed by atoms with Crippen molar-refractivity contribution >= 4 is 23.4 Å². The van der Waals surface area contributed by atoms with Crippen LogP contribution < -0.4 is 10.1 Å². The van der Waals surface area contributed by atoms with Gasteiger partial charge in [-0.05, 0) is 48.9 Å². The van der Waals surface area contributed by atoms with E-state index >= 15 is 0 Å². The number of nitrogens with one attached hydrogen (secondary N) is 1. The molecule has 178 valence electrons. The van der Waals surface area contributed by atoms with Gasteiger partial charge in [0.1, 0.15) is 5.75 Å². The Labute approximate surface area is 206 Å². The summed E-state index contributed by atoms with van der Waals surface area (Å²) in [6.07, 6.45) is 0. The summed E-state index contributed by atoms with van der Waals surface area (Å²) in [5.74, 6) is 1.66. The molecule has 1 N–H and O–H groups in total. The lowest BCUT2D eigenvalue weighted by Gasteiger charge is -2.12. The molecule has 0 saturated carbocycles. The highest BCUT2D eigenvalue weighted by Crippen LogP contribution is 2.27. The number of methoxy groups -OCH3 is 1. The molecule has 0 bridgehead atoms. The first-order valence-electron chi connectivity index (χ1n) is 10.7. The van der Waals surface area contributed by atoms with E-state index in [-0.39, 0.29) is 18.1 Å². The van der Waals surface area contributed by atoms with Crippen LogP contribution in [0.2, 0.25) is 0 Å². The molecule has 0 atom stereocenters. The first kappa shape index (κ1) is 24.0. The fourth-order valence-corrected chi connectivity index (χ4v) is 4.28. The molecule has 0 aliphatic carbocycles. The zero-order valence-corrected chi connectivity index (χ0v) is 20.0. The summed E-state index contributed by atoms with van der Waals surface area (Å²) in [5, 5.41) is 23.1. The van der Waals surface area contributed by atoms with Crippen LogP contribution in [0.4, 0.5) is 5.69 Å². The number of benzene rings is 3. The standard InChI is InChI=1S/C25H23N5O4S/c1-17-6-10-20(11-7-17)29-23(15-26-24(31)19-8-12-21(13-9-19)30(32)33)27-28-25(29)35-16-18-4-3-5-22(14-18)34-2/h3-14H,15-16H2,1-2H3,(H,26,31). The molecule has 4 aromatic rings. The SMILES string of the molecule is COc1cccc(CSc2nnc(CNC(=O)c3ccc([N+](=O)[O-])cc3)n2-c2ccc(C)cc2)c1. The Balaban J connectivity index is 1.54. The summed E-state index contributed by atoms with van der Waals surface area (Å²) in [6.45, 7) is 2.15. The number of nitro groups is 1. The van der Waals surface area contributed by atoms with Crippen molar-refractivity contribution in [2.75, 3.05) is 7.11 Å². The maximum atomic E-state index is 12.6. The number of aryl methyl sites for hydroxylation is 1. The third kappa shape index (κ3) is 5.85. The number of rotatable bonds is 9. The van der Waals surface area contributed by atoms with Crippen molar-refractivity contribution in [2.45, 2.75) is 24.4 Å². The number of aromatic nitrogens is 3. The topological polar surface area (TPSA) is 112 Å². The van der Waals surface area contributed by atoms with Gasteiger partial charge in [-0.2, -0.15) is 0 Å². The first-order chi connectivity index (χ1) is 16.9. The number of hydrogen-bond acceptors (Lipinski definition) is 7. The van der Waals surface area contributed by atoms with Crippen molar-refractivity contribution in [1.29, 1.82) is 0 Å². The van der Waals surface area contributed by atoms with Gasteiger partial charge < -0.3 is 10.1 Å². The van der Waals surface area contributed by atoms with Gasteiger partial charge in [-0.3, -0.25) is 19.5 Å². The second-order valence-corrected chi connectivity index (χ2v) is 8.64. The Hall–Kier alpha value is -4.18. The van der Waals surface area contributed by atoms with Crippen molar-refractivity contribution in [3.63, 3.8) is 0 Å². The minimum absolute atomic E-state index is 0.0710. The summed E-state index contributed by atoms with van der Waals surface area (Å²) in [4.78, 5) is 23.0. The lowest BCUT2D eigenvalue weighted by atomic mass is 10.2. The zero-order valence-electron chi connectivity index (χ0n) is 19.2. The maximum Gasteiger partial charge on any atom is 0.269 e. The highest BCUT2D eigenvalue weighted by molar-refractivity contribution is 7.98. The summed E-state index contributed by atoms with van der Waals surface area (Å²) >= 11 is 1.53. The van der Waals surface area contributed by atoms with E-state index in [1.54, 1.807) is 7.11 Å². The van der Waals surface area contributed by atoms with Crippen LogP contribution in [-0.4, -0.2) is 32.7 Å². The van der Waals surface area contributed by atoms with Gasteiger partial charge in [-0.25, -0.2) is 0 Å². The van der Waals surface area contributed by atoms with Crippen molar-refractivity contribution in [1.82, 2.24) is 20.1 Å². The minimum atomic E-state index is -0.504. The number of thioether (sulfide) groups is 1. The van der Waals surface area contributed by atoms with E-state index in [2.05, 4.69) is 15.5 Å². The number of ether oxygens (including phenoxy) is 1. The van der Waals surface area contributed by atoms with E-state index in [0.29, 0.717) is 22.3 Å². The largest absolute Gasteiger partial charge is 0.497 e. The molecule has 3 aromatic carbocycles. The van der Waals surface area contributed by atoms with E-state index < -0.39 is 4.92 Å². The predicted molar refractivity (Wildman–Crippen MR) is 133 cm³/mol. The van der Waals surface area contributed by atoms with Gasteiger partial charge >= 0.3 is 0 Å². The Morgan fingerprint density at radius 1 is 1.09 bits per heavy atom. The zero-order chi connectivity index (χ0) is 24.8. The molecule has 4 rings (SSSR count). The van der Waals surface area contributed by atoms with E-state index in [9.17, 15) is 14.9 Å². The van der Waals surface area contributed by atoms with Gasteiger partial charge in [0, 0.05) is 29.1 Å². The molecule has 0 unspecified atom stereocenters. The lowest BCUT2D eigenvalue weighted by molar-refractivity contribution is -0.384. The smallest absolute Gasteiger partial charge is 0.269 e. The van der Waals surface area contributed by atoms with Gasteiger partial charge in [0.05, 0.1) is 18.6 Å². The van der Waals surface area contributed by atoms with Crippen LogP contribution in [0.5, 0.6) is 5.75 Å². The van der Waals surface area contributed by atoms with E-state index in [1.807, 2.05) is 60.0 Å². The van der Waals surface area contributed by atoms with E-state index in [0.717, 1.165) is 22.6 Å². The summed E-state index contributed by atoms with van der Waals surface area (Å²) in [5.41, 5.74) is 3.34. The molecule has 1 aromatic heterocycles. The fraction of sp³-hybridized carbons (Fsp3) is 0.160. The van der Waals surface area contributed by atoms with Crippen LogP contribution in [0.3, 0.4) is 0 Å². The third-order valence-electron chi connectivity index (χ3n) is 5.24. The molecule has 0 aliphatic rings. The Morgan fingerprint density at radius 2 is 1.83 bits per heavy atom. The monoisotopic (exact) mass is 489 g/mol. The molecule has 10 heteroatoms. The summed E-state index contributed by atoms with van der Waals surface area (Å²) in [7, 11) is 1.64. The normalized spacial score (nSPS) is 10.7. The molecule has 0 spiro atoms. The predicted octanol–water partition coefficient (Wildman–Crippen LogP) is 4.71. The highest BCUT2D eigenvalue weighted by Gasteiger charge is 2.17. The Morgan fingerprint density at radius 3 is 2.51 bits per heavy atom. The van der Waals surface area contributed by atoms with Crippen LogP contribution in [0.1, 0.15) is 27.3 Å². The number of carbonyl (C=O) groups is 1. The molecule has 1 amide bonds. The number of amides is 1. The second-order valence-electron chi connectivity index (χ2n) is 7.70. The molecule has 0 fully saturated rings. The number of nitro benzene ring substituents is 1. The van der Waals surface area contributed by atoms with Gasteiger partial charge in [0.25, 0.3) is 11.6 Å². The van der Waals surface area contributed by atoms with Crippen LogP contribution >= 0.6 is 11.8 Å². The van der Waals surface area contributed by atoms with Gasteiger partial charge in [0.15, 0.2) is 11.0 Å². The van der Waals surface area contributed by atoms with Crippen molar-refractivity contribution in [2.24, 2.45) is 0 Å². The van der Waals surface area contributed by atoms with E-state index in [1.165, 1.54) is 36.0 Å². The molecule has 0 radical (unpaired) electrons. The average Bonchev–Trinajstić information content (AvgIpc) is 3.29. The van der Waals surface area contributed by atoms with Gasteiger partial charge in [0.2, 0.25) is 0 Å². The lowest BCUT2D eigenvalue weighted by Crippen LogP contribution is -2.24. The summed E-state index contributed by atoms with van der Waals surface area (Å²) < 4.78 is 7.23. The highest BCUT2D eigenvalue weighted by atomic mass is 32.2. The van der Waals surface area contributed by atoms with Crippen molar-refractivity contribution in [3.8, 4) is 11.4 Å². The average molecular weight is 490 g/mol. The molecular formula is C25H23N5O4S. The van der Waals surface area contributed by atoms with Crippen LogP contribution in [0, 0.1) is 17.0 Å². The fourth-order valence-electron chi connectivity index (χ4n) is 3.37. The van der Waals surface area contributed by atoms with Crippen LogP contribution in [-0.2, 0) is 12.3 Å². The maximum absolute atomic E-state index is 12.6. The van der Waals surface area contributed by atoms with E-state index in [4.69, 9.17) is 4.74 Å². The quantitative estimate of drug-likeness (QED) is 0.206. The molecule has 35 heavy (non-hydrogen) atoms. The number of nitrogens with zero attached hydrogens (tertiary/aromatic N) is 4. The van der Waals surface area contributed by atoms with Crippen molar-refractivity contribution < 1.29 is 14.5 Å². The van der Waals surface area contributed by atoms with Crippen LogP contribution in [0.25, 0.3) is 5.69 Å². The number of non-ortho nitro benzene ring substituents is 1.